The van der Waals surface area contributed by atoms with Crippen molar-refractivity contribution >= 4 is 23.4 Å². The lowest BCUT2D eigenvalue weighted by molar-refractivity contribution is 0.194. The Kier molecular flexibility index (Phi) is 4.66. The lowest BCUT2D eigenvalue weighted by Crippen LogP contribution is -2.51. The summed E-state index contributed by atoms with van der Waals surface area (Å²) >= 11 is 5.85. The van der Waals surface area contributed by atoms with Crippen molar-refractivity contribution in [2.24, 2.45) is 0 Å². The van der Waals surface area contributed by atoms with Crippen LogP contribution in [-0.2, 0) is 6.54 Å². The summed E-state index contributed by atoms with van der Waals surface area (Å²) < 4.78 is 4.86. The molecule has 1 aliphatic heterocycles. The second-order valence-electron chi connectivity index (χ2n) is 5.39. The van der Waals surface area contributed by atoms with Gasteiger partial charge in [0.05, 0.1) is 10.7 Å². The molecule has 1 saturated heterocycles. The molecule has 0 aliphatic carbocycles. The molecule has 0 spiro atoms. The van der Waals surface area contributed by atoms with Gasteiger partial charge in [0.15, 0.2) is 0 Å². The van der Waals surface area contributed by atoms with Crippen LogP contribution in [0.1, 0.15) is 11.3 Å². The molecule has 7 nitrogen and oxygen atoms in total. The standard InChI is InChI=1S/C15H18ClN5O2/c1-11-12(10-23-19-11)8-18-15(22)21-6-4-20(5-7-21)14-3-2-13(16)9-17-14/h2-3,9-10H,4-8H2,1H3,(H,18,22). The van der Waals surface area contributed by atoms with E-state index in [9.17, 15) is 4.79 Å². The predicted molar refractivity (Wildman–Crippen MR) is 86.5 cm³/mol. The summed E-state index contributed by atoms with van der Waals surface area (Å²) in [6.45, 7) is 5.07. The van der Waals surface area contributed by atoms with Crippen LogP contribution in [0.5, 0.6) is 0 Å². The smallest absolute Gasteiger partial charge is 0.317 e. The first-order chi connectivity index (χ1) is 11.1. The number of hydrogen-bond donors (Lipinski definition) is 1. The Labute approximate surface area is 139 Å². The zero-order chi connectivity index (χ0) is 16.2. The number of rotatable bonds is 3. The summed E-state index contributed by atoms with van der Waals surface area (Å²) in [7, 11) is 0. The second-order valence-corrected chi connectivity index (χ2v) is 5.83. The number of hydrogen-bond acceptors (Lipinski definition) is 5. The van der Waals surface area contributed by atoms with Gasteiger partial charge >= 0.3 is 6.03 Å². The fourth-order valence-corrected chi connectivity index (χ4v) is 2.57. The highest BCUT2D eigenvalue weighted by Gasteiger charge is 2.21. The highest BCUT2D eigenvalue weighted by molar-refractivity contribution is 6.30. The molecule has 3 heterocycles. The number of carbonyl (C=O) groups excluding carboxylic acids is 1. The number of anilines is 1. The number of piperazine rings is 1. The SMILES string of the molecule is Cc1nocc1CNC(=O)N1CCN(c2ccc(Cl)cn2)CC1. The number of pyridine rings is 1. The van der Waals surface area contributed by atoms with Crippen LogP contribution < -0.4 is 10.2 Å². The molecular formula is C15H18ClN5O2. The van der Waals surface area contributed by atoms with E-state index in [0.717, 1.165) is 30.2 Å². The molecule has 1 N–H and O–H groups in total. The van der Waals surface area contributed by atoms with Gasteiger partial charge in [-0.15, -0.1) is 0 Å². The van der Waals surface area contributed by atoms with Crippen molar-refractivity contribution in [3.63, 3.8) is 0 Å². The number of aryl methyl sites for hydroxylation is 1. The number of amides is 2. The molecule has 23 heavy (non-hydrogen) atoms. The molecular weight excluding hydrogens is 318 g/mol. The molecule has 0 atom stereocenters. The minimum Gasteiger partial charge on any atom is -0.364 e. The number of nitrogens with one attached hydrogen (secondary N) is 1. The molecule has 2 amide bonds. The van der Waals surface area contributed by atoms with Crippen molar-refractivity contribution in [3.05, 3.63) is 40.9 Å². The molecule has 0 aromatic carbocycles. The summed E-state index contributed by atoms with van der Waals surface area (Å²) in [5, 5.41) is 7.31. The maximum absolute atomic E-state index is 12.2. The van der Waals surface area contributed by atoms with Crippen LogP contribution in [0.2, 0.25) is 5.02 Å². The topological polar surface area (TPSA) is 74.5 Å². The van der Waals surface area contributed by atoms with E-state index in [1.54, 1.807) is 17.4 Å². The van der Waals surface area contributed by atoms with E-state index in [2.05, 4.69) is 20.4 Å². The summed E-state index contributed by atoms with van der Waals surface area (Å²) in [6, 6.07) is 3.64. The maximum atomic E-state index is 12.2. The van der Waals surface area contributed by atoms with E-state index >= 15 is 0 Å². The Morgan fingerprint density at radius 1 is 1.35 bits per heavy atom. The van der Waals surface area contributed by atoms with E-state index in [1.165, 1.54) is 0 Å². The van der Waals surface area contributed by atoms with Gasteiger partial charge in [-0.3, -0.25) is 0 Å². The quantitative estimate of drug-likeness (QED) is 0.929. The number of nitrogens with zero attached hydrogens (tertiary/aromatic N) is 4. The van der Waals surface area contributed by atoms with Gasteiger partial charge in [0.2, 0.25) is 0 Å². The minimum atomic E-state index is -0.0747. The second kappa shape index (κ2) is 6.87. The molecule has 2 aromatic rings. The van der Waals surface area contributed by atoms with Crippen LogP contribution in [0.25, 0.3) is 0 Å². The third kappa shape index (κ3) is 3.73. The van der Waals surface area contributed by atoms with Crippen LogP contribution >= 0.6 is 11.6 Å². The van der Waals surface area contributed by atoms with E-state index in [1.807, 2.05) is 19.1 Å². The fraction of sp³-hybridized carbons (Fsp3) is 0.400. The van der Waals surface area contributed by atoms with E-state index < -0.39 is 0 Å². The van der Waals surface area contributed by atoms with Crippen molar-refractivity contribution in [2.45, 2.75) is 13.5 Å². The van der Waals surface area contributed by atoms with Crippen LogP contribution in [0.3, 0.4) is 0 Å². The van der Waals surface area contributed by atoms with Crippen molar-refractivity contribution < 1.29 is 9.32 Å². The molecule has 3 rings (SSSR count). The molecule has 2 aromatic heterocycles. The lowest BCUT2D eigenvalue weighted by atomic mass is 10.2. The third-order valence-electron chi connectivity index (χ3n) is 3.88. The van der Waals surface area contributed by atoms with Gasteiger partial charge in [0, 0.05) is 44.5 Å². The zero-order valence-corrected chi connectivity index (χ0v) is 13.6. The normalized spacial score (nSPS) is 14.9. The monoisotopic (exact) mass is 335 g/mol. The Hall–Kier alpha value is -2.28. The van der Waals surface area contributed by atoms with Gasteiger partial charge in [-0.1, -0.05) is 16.8 Å². The number of carbonyl (C=O) groups is 1. The number of halogens is 1. The first-order valence-electron chi connectivity index (χ1n) is 7.42. The third-order valence-corrected chi connectivity index (χ3v) is 4.11. The average Bonchev–Trinajstić information content (AvgIpc) is 2.99. The highest BCUT2D eigenvalue weighted by Crippen LogP contribution is 2.16. The lowest BCUT2D eigenvalue weighted by Gasteiger charge is -2.35. The van der Waals surface area contributed by atoms with E-state index in [-0.39, 0.29) is 6.03 Å². The molecule has 1 aliphatic rings. The van der Waals surface area contributed by atoms with Crippen molar-refractivity contribution in [1.29, 1.82) is 0 Å². The van der Waals surface area contributed by atoms with Crippen LogP contribution in [0, 0.1) is 6.92 Å². The minimum absolute atomic E-state index is 0.0747. The number of urea groups is 1. The summed E-state index contributed by atoms with van der Waals surface area (Å²) in [5.41, 5.74) is 1.69. The largest absolute Gasteiger partial charge is 0.364 e. The molecule has 122 valence electrons. The molecule has 0 bridgehead atoms. The number of aromatic nitrogens is 2. The Bertz CT molecular complexity index is 665. The maximum Gasteiger partial charge on any atom is 0.317 e. The summed E-state index contributed by atoms with van der Waals surface area (Å²) in [5.74, 6) is 0.884. The van der Waals surface area contributed by atoms with Crippen molar-refractivity contribution in [3.8, 4) is 0 Å². The molecule has 0 saturated carbocycles. The Morgan fingerprint density at radius 2 is 2.13 bits per heavy atom. The average molecular weight is 336 g/mol. The van der Waals surface area contributed by atoms with Crippen molar-refractivity contribution in [2.75, 3.05) is 31.1 Å². The Balaban J connectivity index is 1.49. The van der Waals surface area contributed by atoms with E-state index in [4.69, 9.17) is 16.1 Å². The summed E-state index contributed by atoms with van der Waals surface area (Å²) in [4.78, 5) is 20.5. The van der Waals surface area contributed by atoms with Gasteiger partial charge in [-0.05, 0) is 19.1 Å². The van der Waals surface area contributed by atoms with Gasteiger partial charge in [0.25, 0.3) is 0 Å². The molecule has 1 fully saturated rings. The van der Waals surface area contributed by atoms with E-state index in [0.29, 0.717) is 24.7 Å². The predicted octanol–water partition coefficient (Wildman–Crippen LogP) is 2.06. The zero-order valence-electron chi connectivity index (χ0n) is 12.8. The van der Waals surface area contributed by atoms with Gasteiger partial charge in [-0.25, -0.2) is 9.78 Å². The molecule has 8 heteroatoms. The van der Waals surface area contributed by atoms with Crippen LogP contribution in [-0.4, -0.2) is 47.3 Å². The Morgan fingerprint density at radius 3 is 2.74 bits per heavy atom. The van der Waals surface area contributed by atoms with Crippen LogP contribution in [0.4, 0.5) is 10.6 Å². The fourth-order valence-electron chi connectivity index (χ4n) is 2.46. The molecule has 0 radical (unpaired) electrons. The van der Waals surface area contributed by atoms with Gasteiger partial charge in [-0.2, -0.15) is 0 Å². The van der Waals surface area contributed by atoms with Crippen LogP contribution in [0.15, 0.2) is 29.1 Å². The molecule has 0 unspecified atom stereocenters. The van der Waals surface area contributed by atoms with Gasteiger partial charge < -0.3 is 19.6 Å². The van der Waals surface area contributed by atoms with Crippen molar-refractivity contribution in [1.82, 2.24) is 20.4 Å². The first-order valence-corrected chi connectivity index (χ1v) is 7.80. The first kappa shape index (κ1) is 15.6. The van der Waals surface area contributed by atoms with Gasteiger partial charge in [0.1, 0.15) is 12.1 Å². The summed E-state index contributed by atoms with van der Waals surface area (Å²) in [6.07, 6.45) is 3.19. The highest BCUT2D eigenvalue weighted by atomic mass is 35.5.